The van der Waals surface area contributed by atoms with Gasteiger partial charge in [0.25, 0.3) is 0 Å². The van der Waals surface area contributed by atoms with Crippen molar-refractivity contribution >= 4 is 11.4 Å². The molecular weight excluding hydrogens is 210 g/mol. The van der Waals surface area contributed by atoms with Crippen LogP contribution in [-0.2, 0) is 0 Å². The average Bonchev–Trinajstić information content (AvgIpc) is 2.39. The molecule has 1 aliphatic rings. The Hall–Kier alpha value is -1.96. The summed E-state index contributed by atoms with van der Waals surface area (Å²) in [5, 5.41) is 0. The Kier molecular flexibility index (Phi) is 2.48. The number of ether oxygens (including phenoxy) is 1. The second-order valence-electron chi connectivity index (χ2n) is 4.31. The molecule has 2 nitrogen and oxygen atoms in total. The van der Waals surface area contributed by atoms with E-state index < -0.39 is 0 Å². The van der Waals surface area contributed by atoms with Crippen LogP contribution < -0.4 is 9.64 Å². The normalized spacial score (nSPS) is 14.1. The Morgan fingerprint density at radius 3 is 2.71 bits per heavy atom. The van der Waals surface area contributed by atoms with Crippen LogP contribution in [0.5, 0.6) is 5.75 Å². The van der Waals surface area contributed by atoms with Gasteiger partial charge in [-0.3, -0.25) is 0 Å². The van der Waals surface area contributed by atoms with E-state index >= 15 is 0 Å². The number of nitrogens with zero attached hydrogens (tertiary/aromatic N) is 1. The van der Waals surface area contributed by atoms with Crippen molar-refractivity contribution in [3.05, 3.63) is 54.1 Å². The monoisotopic (exact) mass is 225 g/mol. The minimum Gasteiger partial charge on any atom is -0.490 e. The van der Waals surface area contributed by atoms with Gasteiger partial charge >= 0.3 is 0 Å². The molecule has 1 heterocycles. The van der Waals surface area contributed by atoms with Gasteiger partial charge in [0.1, 0.15) is 12.4 Å². The third-order valence-electron chi connectivity index (χ3n) is 3.05. The average molecular weight is 225 g/mol. The van der Waals surface area contributed by atoms with Crippen LogP contribution >= 0.6 is 0 Å². The molecular formula is C15H15NO. The lowest BCUT2D eigenvalue weighted by molar-refractivity contribution is 0.314. The third-order valence-corrected chi connectivity index (χ3v) is 3.05. The summed E-state index contributed by atoms with van der Waals surface area (Å²) < 4.78 is 5.69. The molecule has 86 valence electrons. The highest BCUT2D eigenvalue weighted by molar-refractivity contribution is 5.70. The van der Waals surface area contributed by atoms with E-state index in [1.807, 2.05) is 6.07 Å². The lowest BCUT2D eigenvalue weighted by atomic mass is 10.1. The minimum atomic E-state index is 0.741. The van der Waals surface area contributed by atoms with Crippen LogP contribution in [0, 0.1) is 6.92 Å². The number of anilines is 2. The van der Waals surface area contributed by atoms with Crippen LogP contribution in [0.4, 0.5) is 11.4 Å². The highest BCUT2D eigenvalue weighted by atomic mass is 16.5. The van der Waals surface area contributed by atoms with Crippen LogP contribution in [0.3, 0.4) is 0 Å². The van der Waals surface area contributed by atoms with E-state index in [1.54, 1.807) is 0 Å². The standard InChI is InChI=1S/C15H15NO/c1-12-7-8-15-14(11-12)16(9-10-17-15)13-5-3-2-4-6-13/h2-8,11H,9-10H2,1H3. The lowest BCUT2D eigenvalue weighted by Crippen LogP contribution is -2.28. The smallest absolute Gasteiger partial charge is 0.143 e. The van der Waals surface area contributed by atoms with Gasteiger partial charge in [-0.15, -0.1) is 0 Å². The fourth-order valence-corrected chi connectivity index (χ4v) is 2.20. The maximum atomic E-state index is 5.69. The van der Waals surface area contributed by atoms with E-state index in [0.29, 0.717) is 0 Å². The van der Waals surface area contributed by atoms with Crippen molar-refractivity contribution in [1.82, 2.24) is 0 Å². The van der Waals surface area contributed by atoms with Gasteiger partial charge in [0.15, 0.2) is 0 Å². The molecule has 0 radical (unpaired) electrons. The number of benzene rings is 2. The molecule has 0 atom stereocenters. The second-order valence-corrected chi connectivity index (χ2v) is 4.31. The maximum absolute atomic E-state index is 5.69. The molecule has 0 spiro atoms. The molecule has 0 amide bonds. The summed E-state index contributed by atoms with van der Waals surface area (Å²) in [7, 11) is 0. The summed E-state index contributed by atoms with van der Waals surface area (Å²) in [4.78, 5) is 2.31. The van der Waals surface area contributed by atoms with E-state index in [2.05, 4.69) is 54.3 Å². The molecule has 0 saturated heterocycles. The lowest BCUT2D eigenvalue weighted by Gasteiger charge is -2.31. The fourth-order valence-electron chi connectivity index (χ4n) is 2.20. The van der Waals surface area contributed by atoms with Crippen LogP contribution in [0.15, 0.2) is 48.5 Å². The molecule has 17 heavy (non-hydrogen) atoms. The predicted octanol–water partition coefficient (Wildman–Crippen LogP) is 3.53. The van der Waals surface area contributed by atoms with Crippen molar-refractivity contribution in [2.75, 3.05) is 18.1 Å². The van der Waals surface area contributed by atoms with E-state index in [9.17, 15) is 0 Å². The first kappa shape index (κ1) is 10.2. The van der Waals surface area contributed by atoms with E-state index in [0.717, 1.165) is 18.9 Å². The molecule has 3 rings (SSSR count). The zero-order valence-electron chi connectivity index (χ0n) is 9.89. The van der Waals surface area contributed by atoms with Gasteiger partial charge in [-0.25, -0.2) is 0 Å². The summed E-state index contributed by atoms with van der Waals surface area (Å²) in [6.45, 7) is 3.75. The summed E-state index contributed by atoms with van der Waals surface area (Å²) in [5.41, 5.74) is 3.65. The van der Waals surface area contributed by atoms with E-state index in [-0.39, 0.29) is 0 Å². The van der Waals surface area contributed by atoms with Crippen molar-refractivity contribution in [3.63, 3.8) is 0 Å². The highest BCUT2D eigenvalue weighted by Crippen LogP contribution is 2.36. The molecule has 0 aromatic heterocycles. The van der Waals surface area contributed by atoms with Crippen molar-refractivity contribution < 1.29 is 4.74 Å². The van der Waals surface area contributed by atoms with Gasteiger partial charge < -0.3 is 9.64 Å². The highest BCUT2D eigenvalue weighted by Gasteiger charge is 2.18. The van der Waals surface area contributed by atoms with Gasteiger partial charge in [0.2, 0.25) is 0 Å². The van der Waals surface area contributed by atoms with Crippen molar-refractivity contribution in [3.8, 4) is 5.75 Å². The van der Waals surface area contributed by atoms with E-state index in [1.165, 1.54) is 16.9 Å². The Labute approximate surface area is 101 Å². The van der Waals surface area contributed by atoms with Crippen LogP contribution in [0.25, 0.3) is 0 Å². The number of aryl methyl sites for hydroxylation is 1. The fraction of sp³-hybridized carbons (Fsp3) is 0.200. The van der Waals surface area contributed by atoms with Gasteiger partial charge in [0.05, 0.1) is 12.2 Å². The van der Waals surface area contributed by atoms with Gasteiger partial charge in [-0.2, -0.15) is 0 Å². The van der Waals surface area contributed by atoms with Gasteiger partial charge in [-0.1, -0.05) is 24.3 Å². The molecule has 2 heteroatoms. The quantitative estimate of drug-likeness (QED) is 0.736. The SMILES string of the molecule is Cc1ccc2c(c1)N(c1ccccc1)CCO2. The van der Waals surface area contributed by atoms with Crippen LogP contribution in [-0.4, -0.2) is 13.2 Å². The molecule has 1 aliphatic heterocycles. The molecule has 0 bridgehead atoms. The Morgan fingerprint density at radius 2 is 1.88 bits per heavy atom. The summed E-state index contributed by atoms with van der Waals surface area (Å²) in [6.07, 6.45) is 0. The summed E-state index contributed by atoms with van der Waals surface area (Å²) >= 11 is 0. The maximum Gasteiger partial charge on any atom is 0.143 e. The number of hydrogen-bond donors (Lipinski definition) is 0. The number of fused-ring (bicyclic) bond motifs is 1. The first-order chi connectivity index (χ1) is 8.34. The first-order valence-electron chi connectivity index (χ1n) is 5.90. The minimum absolute atomic E-state index is 0.741. The molecule has 2 aromatic carbocycles. The first-order valence-corrected chi connectivity index (χ1v) is 5.90. The zero-order chi connectivity index (χ0) is 11.7. The summed E-state index contributed by atoms with van der Waals surface area (Å²) in [6, 6.07) is 16.8. The van der Waals surface area contributed by atoms with Gasteiger partial charge in [-0.05, 0) is 36.8 Å². The Morgan fingerprint density at radius 1 is 1.06 bits per heavy atom. The molecule has 0 saturated carbocycles. The van der Waals surface area contributed by atoms with Crippen molar-refractivity contribution in [2.24, 2.45) is 0 Å². The molecule has 0 fully saturated rings. The Bertz CT molecular complexity index is 522. The van der Waals surface area contributed by atoms with Crippen LogP contribution in [0.2, 0.25) is 0 Å². The molecule has 0 aliphatic carbocycles. The predicted molar refractivity (Wildman–Crippen MR) is 70.1 cm³/mol. The van der Waals surface area contributed by atoms with Crippen molar-refractivity contribution in [1.29, 1.82) is 0 Å². The molecule has 2 aromatic rings. The second kappa shape index (κ2) is 4.13. The molecule has 0 unspecified atom stereocenters. The zero-order valence-corrected chi connectivity index (χ0v) is 9.89. The third kappa shape index (κ3) is 1.86. The van der Waals surface area contributed by atoms with Gasteiger partial charge in [0, 0.05) is 5.69 Å². The number of rotatable bonds is 1. The Balaban J connectivity index is 2.08. The largest absolute Gasteiger partial charge is 0.490 e. The molecule has 0 N–H and O–H groups in total. The van der Waals surface area contributed by atoms with E-state index in [4.69, 9.17) is 4.74 Å². The number of hydrogen-bond acceptors (Lipinski definition) is 2. The number of para-hydroxylation sites is 1. The van der Waals surface area contributed by atoms with Crippen molar-refractivity contribution in [2.45, 2.75) is 6.92 Å². The van der Waals surface area contributed by atoms with Crippen LogP contribution in [0.1, 0.15) is 5.56 Å². The summed E-state index contributed by atoms with van der Waals surface area (Å²) in [5.74, 6) is 0.978. The topological polar surface area (TPSA) is 12.5 Å².